The van der Waals surface area contributed by atoms with E-state index in [-0.39, 0.29) is 18.7 Å². The third-order valence-corrected chi connectivity index (χ3v) is 4.06. The molecule has 1 fully saturated rings. The van der Waals surface area contributed by atoms with E-state index in [1.807, 2.05) is 6.92 Å². The average molecular weight is 294 g/mol. The average Bonchev–Trinajstić information content (AvgIpc) is 2.36. The fourth-order valence-corrected chi connectivity index (χ4v) is 2.78. The molecule has 0 aliphatic heterocycles. The Morgan fingerprint density at radius 1 is 1.30 bits per heavy atom. The summed E-state index contributed by atoms with van der Waals surface area (Å²) in [7, 11) is 0. The summed E-state index contributed by atoms with van der Waals surface area (Å²) in [4.78, 5) is 11.8. The molecule has 0 bridgehead atoms. The maximum atomic E-state index is 12.9. The number of amides is 1. The van der Waals surface area contributed by atoms with E-state index in [0.717, 1.165) is 12.8 Å². The van der Waals surface area contributed by atoms with Gasteiger partial charge in [-0.2, -0.15) is 13.2 Å². The van der Waals surface area contributed by atoms with Gasteiger partial charge in [0, 0.05) is 12.5 Å². The molecule has 0 spiro atoms. The van der Waals surface area contributed by atoms with Crippen LogP contribution in [0.1, 0.15) is 51.9 Å². The summed E-state index contributed by atoms with van der Waals surface area (Å²) in [6.45, 7) is 2.57. The van der Waals surface area contributed by atoms with Gasteiger partial charge in [-0.1, -0.05) is 19.8 Å². The molecule has 3 unspecified atom stereocenters. The van der Waals surface area contributed by atoms with Crippen molar-refractivity contribution >= 4 is 5.91 Å². The van der Waals surface area contributed by atoms with Crippen LogP contribution in [0, 0.1) is 11.8 Å². The van der Waals surface area contributed by atoms with Gasteiger partial charge in [0.15, 0.2) is 0 Å². The van der Waals surface area contributed by atoms with Crippen LogP contribution >= 0.6 is 0 Å². The van der Waals surface area contributed by atoms with Gasteiger partial charge in [0.1, 0.15) is 0 Å². The van der Waals surface area contributed by atoms with Crippen LogP contribution in [0.3, 0.4) is 0 Å². The van der Waals surface area contributed by atoms with Crippen molar-refractivity contribution in [3.8, 4) is 0 Å². The van der Waals surface area contributed by atoms with Crippen molar-refractivity contribution < 1.29 is 18.0 Å². The quantitative estimate of drug-likeness (QED) is 0.791. The van der Waals surface area contributed by atoms with Crippen molar-refractivity contribution in [1.82, 2.24) is 5.32 Å². The predicted octanol–water partition coefficient (Wildman–Crippen LogP) is 2.99. The topological polar surface area (TPSA) is 55.1 Å². The number of carbonyl (C=O) groups excluding carboxylic acids is 1. The molecule has 1 rings (SSSR count). The summed E-state index contributed by atoms with van der Waals surface area (Å²) < 4.78 is 38.7. The summed E-state index contributed by atoms with van der Waals surface area (Å²) in [5, 5.41) is 2.58. The van der Waals surface area contributed by atoms with E-state index in [9.17, 15) is 18.0 Å². The second kappa shape index (κ2) is 7.86. The van der Waals surface area contributed by atoms with E-state index < -0.39 is 18.1 Å². The molecule has 3 N–H and O–H groups in total. The summed E-state index contributed by atoms with van der Waals surface area (Å²) >= 11 is 0. The fourth-order valence-electron chi connectivity index (χ4n) is 2.78. The maximum Gasteiger partial charge on any atom is 0.393 e. The first-order valence-electron chi connectivity index (χ1n) is 7.40. The van der Waals surface area contributed by atoms with E-state index in [2.05, 4.69) is 5.32 Å². The molecule has 0 heterocycles. The largest absolute Gasteiger partial charge is 0.393 e. The van der Waals surface area contributed by atoms with Crippen molar-refractivity contribution in [1.29, 1.82) is 0 Å². The number of alkyl halides is 3. The van der Waals surface area contributed by atoms with Crippen LogP contribution in [0.25, 0.3) is 0 Å². The van der Waals surface area contributed by atoms with Crippen molar-refractivity contribution in [2.45, 2.75) is 64.1 Å². The Morgan fingerprint density at radius 3 is 2.55 bits per heavy atom. The molecule has 1 saturated carbocycles. The molecule has 118 valence electrons. The molecule has 0 aromatic rings. The van der Waals surface area contributed by atoms with Crippen LogP contribution in [0.15, 0.2) is 0 Å². The van der Waals surface area contributed by atoms with Gasteiger partial charge < -0.3 is 11.1 Å². The lowest BCUT2D eigenvalue weighted by atomic mass is 9.84. The van der Waals surface area contributed by atoms with Crippen molar-refractivity contribution in [3.63, 3.8) is 0 Å². The Bertz CT molecular complexity index is 307. The third kappa shape index (κ3) is 5.69. The highest BCUT2D eigenvalue weighted by Crippen LogP contribution is 2.37. The van der Waals surface area contributed by atoms with Crippen LogP contribution in [-0.2, 0) is 4.79 Å². The van der Waals surface area contributed by atoms with E-state index in [0.29, 0.717) is 31.7 Å². The lowest BCUT2D eigenvalue weighted by Crippen LogP contribution is -2.47. The Morgan fingerprint density at radius 2 is 1.95 bits per heavy atom. The zero-order chi connectivity index (χ0) is 15.2. The van der Waals surface area contributed by atoms with Gasteiger partial charge in [0.05, 0.1) is 5.92 Å². The van der Waals surface area contributed by atoms with E-state index in [1.54, 1.807) is 0 Å². The Hall–Kier alpha value is -0.780. The number of hydrogen-bond acceptors (Lipinski definition) is 2. The summed E-state index contributed by atoms with van der Waals surface area (Å²) in [5.41, 5.74) is 5.43. The first-order valence-corrected chi connectivity index (χ1v) is 7.40. The molecule has 1 aliphatic rings. The minimum Gasteiger partial charge on any atom is -0.353 e. The second-order valence-corrected chi connectivity index (χ2v) is 5.83. The molecule has 0 aromatic heterocycles. The molecule has 1 amide bonds. The summed E-state index contributed by atoms with van der Waals surface area (Å²) in [6, 6.07) is -0.749. The van der Waals surface area contributed by atoms with E-state index in [4.69, 9.17) is 5.73 Å². The molecule has 3 nitrogen and oxygen atoms in total. The lowest BCUT2D eigenvalue weighted by Gasteiger charge is -2.33. The van der Waals surface area contributed by atoms with Gasteiger partial charge in [-0.25, -0.2) is 0 Å². The highest BCUT2D eigenvalue weighted by molar-refractivity contribution is 5.76. The molecule has 0 aromatic carbocycles. The lowest BCUT2D eigenvalue weighted by molar-refractivity contribution is -0.189. The van der Waals surface area contributed by atoms with Crippen molar-refractivity contribution in [2.24, 2.45) is 17.6 Å². The highest BCUT2D eigenvalue weighted by Gasteiger charge is 2.45. The molecular weight excluding hydrogens is 269 g/mol. The number of carbonyl (C=O) groups is 1. The Balaban J connectivity index is 2.42. The first kappa shape index (κ1) is 17.3. The summed E-state index contributed by atoms with van der Waals surface area (Å²) in [5.74, 6) is -1.33. The van der Waals surface area contributed by atoms with Gasteiger partial charge in [0.2, 0.25) is 5.91 Å². The highest BCUT2D eigenvalue weighted by atomic mass is 19.4. The van der Waals surface area contributed by atoms with Gasteiger partial charge in [-0.3, -0.25) is 4.79 Å². The Labute approximate surface area is 118 Å². The van der Waals surface area contributed by atoms with Crippen LogP contribution in [0.5, 0.6) is 0 Å². The van der Waals surface area contributed by atoms with Crippen LogP contribution < -0.4 is 11.1 Å². The van der Waals surface area contributed by atoms with Gasteiger partial charge in [-0.15, -0.1) is 0 Å². The van der Waals surface area contributed by atoms with Gasteiger partial charge >= 0.3 is 6.18 Å². The van der Waals surface area contributed by atoms with Crippen molar-refractivity contribution in [2.75, 3.05) is 6.54 Å². The molecule has 1 aliphatic carbocycles. The Kier molecular flexibility index (Phi) is 6.79. The monoisotopic (exact) mass is 294 g/mol. The van der Waals surface area contributed by atoms with Crippen molar-refractivity contribution in [3.05, 3.63) is 0 Å². The number of halogens is 3. The van der Waals surface area contributed by atoms with E-state index in [1.165, 1.54) is 0 Å². The fraction of sp³-hybridized carbons (Fsp3) is 0.929. The number of hydrogen-bond donors (Lipinski definition) is 2. The predicted molar refractivity (Wildman–Crippen MR) is 72.0 cm³/mol. The van der Waals surface area contributed by atoms with Crippen LogP contribution in [-0.4, -0.2) is 24.7 Å². The molecular formula is C14H25F3N2O. The maximum absolute atomic E-state index is 12.9. The molecule has 20 heavy (non-hydrogen) atoms. The minimum absolute atomic E-state index is 0.123. The van der Waals surface area contributed by atoms with Crippen LogP contribution in [0.2, 0.25) is 0 Å². The standard InChI is InChI=1S/C14H25F3N2O/c1-10(8-9-18)6-7-13(20)19-12-5-3-2-4-11(12)14(15,16)17/h10-12H,2-9,18H2,1H3,(H,19,20). The molecule has 3 atom stereocenters. The normalized spacial score (nSPS) is 25.2. The van der Waals surface area contributed by atoms with Crippen LogP contribution in [0.4, 0.5) is 13.2 Å². The first-order chi connectivity index (χ1) is 9.34. The number of nitrogens with two attached hydrogens (primary N) is 1. The molecule has 0 radical (unpaired) electrons. The summed E-state index contributed by atoms with van der Waals surface area (Å²) in [6.07, 6.45) is -0.542. The number of rotatable bonds is 6. The van der Waals surface area contributed by atoms with Gasteiger partial charge in [0.25, 0.3) is 0 Å². The zero-order valence-corrected chi connectivity index (χ0v) is 12.0. The molecule has 6 heteroatoms. The molecule has 0 saturated heterocycles. The second-order valence-electron chi connectivity index (χ2n) is 5.83. The smallest absolute Gasteiger partial charge is 0.353 e. The van der Waals surface area contributed by atoms with E-state index >= 15 is 0 Å². The SMILES string of the molecule is CC(CCN)CCC(=O)NC1CCCCC1C(F)(F)F. The van der Waals surface area contributed by atoms with Gasteiger partial charge in [-0.05, 0) is 38.1 Å². The zero-order valence-electron chi connectivity index (χ0n) is 12.0. The number of nitrogens with one attached hydrogen (secondary N) is 1. The minimum atomic E-state index is -4.22. The third-order valence-electron chi connectivity index (χ3n) is 4.06.